The van der Waals surface area contributed by atoms with Gasteiger partial charge in [-0.25, -0.2) is 4.39 Å². The van der Waals surface area contributed by atoms with Crippen molar-refractivity contribution in [2.45, 2.75) is 4.90 Å². The first-order valence-corrected chi connectivity index (χ1v) is 5.03. The van der Waals surface area contributed by atoms with Crippen LogP contribution in [0.5, 0.6) is 0 Å². The number of rotatable bonds is 1. The lowest BCUT2D eigenvalue weighted by Crippen LogP contribution is -1.88. The summed E-state index contributed by atoms with van der Waals surface area (Å²) in [6.07, 6.45) is 0. The Labute approximate surface area is 82.7 Å². The molecule has 0 radical (unpaired) electrons. The molecule has 14 heavy (non-hydrogen) atoms. The molecule has 0 N–H and O–H groups in total. The number of hydrogen-bond acceptors (Lipinski definition) is 2. The summed E-state index contributed by atoms with van der Waals surface area (Å²) in [5.74, 6) is -0.369. The molecule has 0 aromatic heterocycles. The number of fused-ring (bicyclic) bond motifs is 1. The smallest absolute Gasteiger partial charge is 0.123 e. The van der Waals surface area contributed by atoms with Gasteiger partial charge < -0.3 is 4.55 Å². The summed E-state index contributed by atoms with van der Waals surface area (Å²) in [7, 11) is 0. The molecule has 1 atom stereocenters. The Balaban J connectivity index is 2.69. The zero-order valence-corrected chi connectivity index (χ0v) is 7.88. The molecule has 1 unspecified atom stereocenters. The average Bonchev–Trinajstić information content (AvgIpc) is 2.16. The van der Waals surface area contributed by atoms with Gasteiger partial charge in [-0.3, -0.25) is 4.21 Å². The Kier molecular flexibility index (Phi) is 2.31. The van der Waals surface area contributed by atoms with E-state index in [2.05, 4.69) is 0 Å². The summed E-state index contributed by atoms with van der Waals surface area (Å²) in [5, 5.41) is 1.41. The molecular weight excluding hydrogens is 203 g/mol. The summed E-state index contributed by atoms with van der Waals surface area (Å²) in [5.41, 5.74) is 0. The first kappa shape index (κ1) is 9.30. The minimum atomic E-state index is -2.26. The van der Waals surface area contributed by atoms with Crippen LogP contribution >= 0.6 is 0 Å². The fraction of sp³-hybridized carbons (Fsp3) is 0. The van der Waals surface area contributed by atoms with Gasteiger partial charge in [0.1, 0.15) is 5.82 Å². The summed E-state index contributed by atoms with van der Waals surface area (Å²) >= 11 is -2.26. The maximum Gasteiger partial charge on any atom is 0.123 e. The average molecular weight is 209 g/mol. The third-order valence-electron chi connectivity index (χ3n) is 1.97. The SMILES string of the molecule is O=S([O-])c1ccc2ccc(F)cc2c1. The van der Waals surface area contributed by atoms with Crippen molar-refractivity contribution in [2.75, 3.05) is 0 Å². The molecule has 0 saturated heterocycles. The number of halogens is 1. The molecule has 0 aliphatic heterocycles. The van der Waals surface area contributed by atoms with Crippen LogP contribution in [0.1, 0.15) is 0 Å². The van der Waals surface area contributed by atoms with Gasteiger partial charge in [-0.2, -0.15) is 0 Å². The Morgan fingerprint density at radius 2 is 1.79 bits per heavy atom. The molecule has 0 spiro atoms. The second kappa shape index (κ2) is 3.48. The van der Waals surface area contributed by atoms with E-state index in [4.69, 9.17) is 0 Å². The van der Waals surface area contributed by atoms with Crippen molar-refractivity contribution in [3.63, 3.8) is 0 Å². The van der Waals surface area contributed by atoms with Gasteiger partial charge in [-0.15, -0.1) is 0 Å². The molecule has 2 aromatic rings. The van der Waals surface area contributed by atoms with Crippen molar-refractivity contribution in [3.05, 3.63) is 42.2 Å². The van der Waals surface area contributed by atoms with Gasteiger partial charge in [-0.1, -0.05) is 12.1 Å². The van der Waals surface area contributed by atoms with Crippen LogP contribution in [0.2, 0.25) is 0 Å². The minimum absolute atomic E-state index is 0.170. The lowest BCUT2D eigenvalue weighted by Gasteiger charge is -2.06. The topological polar surface area (TPSA) is 40.1 Å². The Morgan fingerprint density at radius 1 is 1.07 bits per heavy atom. The molecule has 0 aliphatic carbocycles. The van der Waals surface area contributed by atoms with E-state index in [0.717, 1.165) is 5.39 Å². The Bertz CT molecular complexity index is 510. The van der Waals surface area contributed by atoms with Crippen LogP contribution < -0.4 is 0 Å². The molecule has 0 heterocycles. The maximum atomic E-state index is 12.8. The molecule has 0 amide bonds. The minimum Gasteiger partial charge on any atom is -0.768 e. The second-order valence-electron chi connectivity index (χ2n) is 2.89. The molecule has 0 saturated carbocycles. The van der Waals surface area contributed by atoms with E-state index in [1.165, 1.54) is 24.3 Å². The van der Waals surface area contributed by atoms with E-state index >= 15 is 0 Å². The summed E-state index contributed by atoms with van der Waals surface area (Å²) < 4.78 is 34.1. The second-order valence-corrected chi connectivity index (χ2v) is 3.83. The molecule has 2 aromatic carbocycles. The van der Waals surface area contributed by atoms with E-state index < -0.39 is 11.1 Å². The van der Waals surface area contributed by atoms with Crippen LogP contribution in [-0.4, -0.2) is 8.76 Å². The highest BCUT2D eigenvalue weighted by molar-refractivity contribution is 7.79. The fourth-order valence-electron chi connectivity index (χ4n) is 1.30. The van der Waals surface area contributed by atoms with E-state index in [0.29, 0.717) is 5.39 Å². The van der Waals surface area contributed by atoms with Gasteiger partial charge in [0.05, 0.1) is 0 Å². The van der Waals surface area contributed by atoms with Crippen molar-refractivity contribution in [1.29, 1.82) is 0 Å². The third kappa shape index (κ3) is 1.66. The zero-order valence-electron chi connectivity index (χ0n) is 7.07. The first-order valence-electron chi connectivity index (χ1n) is 3.95. The summed E-state index contributed by atoms with van der Waals surface area (Å²) in [6.45, 7) is 0. The molecule has 0 bridgehead atoms. The predicted octanol–water partition coefficient (Wildman–Crippen LogP) is 2.22. The molecule has 2 rings (SSSR count). The van der Waals surface area contributed by atoms with Gasteiger partial charge in [0, 0.05) is 4.90 Å². The fourth-order valence-corrected chi connectivity index (χ4v) is 1.70. The van der Waals surface area contributed by atoms with Crippen LogP contribution in [0.25, 0.3) is 10.8 Å². The highest BCUT2D eigenvalue weighted by atomic mass is 32.2. The molecule has 0 aliphatic rings. The van der Waals surface area contributed by atoms with Gasteiger partial charge in [0.2, 0.25) is 0 Å². The van der Waals surface area contributed by atoms with Crippen molar-refractivity contribution >= 4 is 21.9 Å². The van der Waals surface area contributed by atoms with Crippen LogP contribution in [0.3, 0.4) is 0 Å². The molecule has 0 fully saturated rings. The first-order chi connectivity index (χ1) is 6.66. The van der Waals surface area contributed by atoms with Crippen LogP contribution in [0.4, 0.5) is 4.39 Å². The predicted molar refractivity (Wildman–Crippen MR) is 51.1 cm³/mol. The third-order valence-corrected chi connectivity index (χ3v) is 2.61. The van der Waals surface area contributed by atoms with Crippen molar-refractivity contribution < 1.29 is 13.2 Å². The monoisotopic (exact) mass is 209 g/mol. The summed E-state index contributed by atoms with van der Waals surface area (Å²) in [4.78, 5) is 0.170. The zero-order chi connectivity index (χ0) is 10.1. The van der Waals surface area contributed by atoms with Gasteiger partial charge >= 0.3 is 0 Å². The Morgan fingerprint density at radius 3 is 2.50 bits per heavy atom. The van der Waals surface area contributed by atoms with Crippen molar-refractivity contribution in [2.24, 2.45) is 0 Å². The van der Waals surface area contributed by atoms with Crippen LogP contribution in [0, 0.1) is 5.82 Å². The molecule has 72 valence electrons. The van der Waals surface area contributed by atoms with E-state index in [1.807, 2.05) is 0 Å². The normalized spacial score (nSPS) is 13.0. The highest BCUT2D eigenvalue weighted by Gasteiger charge is 1.98. The largest absolute Gasteiger partial charge is 0.768 e. The van der Waals surface area contributed by atoms with Gasteiger partial charge in [-0.05, 0) is 46.1 Å². The van der Waals surface area contributed by atoms with Gasteiger partial charge in [0.25, 0.3) is 0 Å². The van der Waals surface area contributed by atoms with E-state index in [9.17, 15) is 13.2 Å². The van der Waals surface area contributed by atoms with Crippen molar-refractivity contribution in [1.82, 2.24) is 0 Å². The lowest BCUT2D eigenvalue weighted by molar-refractivity contribution is 0.537. The maximum absolute atomic E-state index is 12.8. The highest BCUT2D eigenvalue weighted by Crippen LogP contribution is 2.18. The van der Waals surface area contributed by atoms with Crippen LogP contribution in [-0.2, 0) is 11.1 Å². The molecule has 2 nitrogen and oxygen atoms in total. The molecular formula is C10H6FO2S-. The quantitative estimate of drug-likeness (QED) is 0.675. The van der Waals surface area contributed by atoms with Gasteiger partial charge in [0.15, 0.2) is 0 Å². The van der Waals surface area contributed by atoms with Crippen molar-refractivity contribution in [3.8, 4) is 0 Å². The molecule has 4 heteroatoms. The summed E-state index contributed by atoms with van der Waals surface area (Å²) in [6, 6.07) is 8.86. The Hall–Kier alpha value is -1.26. The standard InChI is InChI=1S/C10H7FO2S/c11-9-3-1-7-2-4-10(14(12)13)6-8(7)5-9/h1-6H,(H,12,13)/p-1. The van der Waals surface area contributed by atoms with E-state index in [1.54, 1.807) is 12.1 Å². The van der Waals surface area contributed by atoms with E-state index in [-0.39, 0.29) is 10.7 Å². The van der Waals surface area contributed by atoms with Crippen LogP contribution in [0.15, 0.2) is 41.3 Å². The number of hydrogen-bond donors (Lipinski definition) is 0. The number of benzene rings is 2. The lowest BCUT2D eigenvalue weighted by atomic mass is 10.1.